The second kappa shape index (κ2) is 9.80. The summed E-state index contributed by atoms with van der Waals surface area (Å²) in [5, 5.41) is 15.4. The van der Waals surface area contributed by atoms with Crippen molar-refractivity contribution in [2.24, 2.45) is 0 Å². The second-order valence-corrected chi connectivity index (χ2v) is 6.83. The van der Waals surface area contributed by atoms with Crippen molar-refractivity contribution in [3.63, 3.8) is 0 Å². The molecule has 2 aromatic rings. The summed E-state index contributed by atoms with van der Waals surface area (Å²) in [5.74, 6) is 0. The van der Waals surface area contributed by atoms with Crippen LogP contribution >= 0.6 is 11.3 Å². The van der Waals surface area contributed by atoms with E-state index in [1.54, 1.807) is 11.3 Å². The number of benzene rings is 1. The third-order valence-corrected chi connectivity index (χ3v) is 4.51. The molecule has 0 unspecified atom stereocenters. The molecule has 4 nitrogen and oxygen atoms in total. The molecule has 0 amide bonds. The van der Waals surface area contributed by atoms with Gasteiger partial charge in [-0.1, -0.05) is 36.4 Å². The zero-order chi connectivity index (χ0) is 16.5. The molecule has 0 aliphatic heterocycles. The van der Waals surface area contributed by atoms with Gasteiger partial charge in [-0.15, -0.1) is 11.3 Å². The van der Waals surface area contributed by atoms with Gasteiger partial charge >= 0.3 is 0 Å². The highest BCUT2D eigenvalue weighted by atomic mass is 32.1. The molecule has 0 aliphatic rings. The molecule has 0 saturated heterocycles. The van der Waals surface area contributed by atoms with Crippen LogP contribution in [0, 0.1) is 0 Å². The quantitative estimate of drug-likeness (QED) is 0.701. The maximum absolute atomic E-state index is 10.0. The zero-order valence-corrected chi connectivity index (χ0v) is 14.6. The molecule has 0 aliphatic carbocycles. The predicted octanol–water partition coefficient (Wildman–Crippen LogP) is 2.52. The number of ether oxygens (including phenoxy) is 1. The highest BCUT2D eigenvalue weighted by Gasteiger charge is 2.14. The van der Waals surface area contributed by atoms with E-state index in [0.717, 1.165) is 6.54 Å². The van der Waals surface area contributed by atoms with E-state index in [0.29, 0.717) is 19.8 Å². The minimum atomic E-state index is -0.492. The number of aliphatic hydroxyl groups excluding tert-OH is 1. The number of hydrogen-bond acceptors (Lipinski definition) is 5. The Labute approximate surface area is 142 Å². The van der Waals surface area contributed by atoms with Gasteiger partial charge in [0.05, 0.1) is 19.3 Å². The van der Waals surface area contributed by atoms with Gasteiger partial charge in [0.1, 0.15) is 0 Å². The largest absolute Gasteiger partial charge is 0.389 e. The highest BCUT2D eigenvalue weighted by Crippen LogP contribution is 2.16. The number of rotatable bonds is 10. The fourth-order valence-electron chi connectivity index (χ4n) is 2.41. The predicted molar refractivity (Wildman–Crippen MR) is 95.7 cm³/mol. The molecule has 2 rings (SSSR count). The number of aliphatic hydroxyl groups is 1. The van der Waals surface area contributed by atoms with Gasteiger partial charge in [-0.3, -0.25) is 0 Å². The van der Waals surface area contributed by atoms with Crippen molar-refractivity contribution < 1.29 is 9.84 Å². The first-order valence-corrected chi connectivity index (χ1v) is 8.75. The minimum absolute atomic E-state index is 0.287. The number of nitrogens with one attached hydrogen (secondary N) is 1. The number of nitrogens with zero attached hydrogens (tertiary/aromatic N) is 1. The van der Waals surface area contributed by atoms with Crippen molar-refractivity contribution in [3.05, 3.63) is 58.3 Å². The lowest BCUT2D eigenvalue weighted by Gasteiger charge is -2.25. The summed E-state index contributed by atoms with van der Waals surface area (Å²) in [6, 6.07) is 14.7. The molecule has 0 radical (unpaired) electrons. The first kappa shape index (κ1) is 18.1. The molecular weight excluding hydrogens is 308 g/mol. The monoisotopic (exact) mass is 334 g/mol. The van der Waals surface area contributed by atoms with Crippen LogP contribution in [-0.2, 0) is 11.3 Å². The van der Waals surface area contributed by atoms with Gasteiger partial charge in [0.15, 0.2) is 0 Å². The summed E-state index contributed by atoms with van der Waals surface area (Å²) in [4.78, 5) is 3.36. The molecule has 1 aromatic carbocycles. The lowest BCUT2D eigenvalue weighted by atomic mass is 10.1. The summed E-state index contributed by atoms with van der Waals surface area (Å²) >= 11 is 1.67. The van der Waals surface area contributed by atoms with Crippen molar-refractivity contribution in [1.82, 2.24) is 10.2 Å². The summed E-state index contributed by atoms with van der Waals surface area (Å²) in [5.41, 5.74) is 1.27. The van der Waals surface area contributed by atoms with Gasteiger partial charge in [-0.25, -0.2) is 0 Å². The van der Waals surface area contributed by atoms with Crippen molar-refractivity contribution in [2.75, 3.05) is 33.8 Å². The molecule has 0 bridgehead atoms. The third kappa shape index (κ3) is 6.41. The van der Waals surface area contributed by atoms with E-state index in [9.17, 15) is 5.11 Å². The van der Waals surface area contributed by atoms with E-state index >= 15 is 0 Å². The van der Waals surface area contributed by atoms with E-state index in [1.165, 1.54) is 10.4 Å². The van der Waals surface area contributed by atoms with Crippen LogP contribution in [0.3, 0.4) is 0 Å². The number of hydrogen-bond donors (Lipinski definition) is 2. The summed E-state index contributed by atoms with van der Waals surface area (Å²) in [7, 11) is 4.14. The Morgan fingerprint density at radius 2 is 1.91 bits per heavy atom. The number of likely N-dealkylation sites (N-methyl/N-ethyl adjacent to an activating group) is 1. The fraction of sp³-hybridized carbons (Fsp3) is 0.444. The van der Waals surface area contributed by atoms with Gasteiger partial charge in [0.25, 0.3) is 0 Å². The van der Waals surface area contributed by atoms with E-state index in [1.807, 2.05) is 23.6 Å². The van der Waals surface area contributed by atoms with Crippen LogP contribution in [0.5, 0.6) is 0 Å². The van der Waals surface area contributed by atoms with Gasteiger partial charge in [-0.05, 0) is 31.1 Å². The Morgan fingerprint density at radius 1 is 1.13 bits per heavy atom. The van der Waals surface area contributed by atoms with Gasteiger partial charge in [-0.2, -0.15) is 0 Å². The molecule has 1 heterocycles. The fourth-order valence-corrected chi connectivity index (χ4v) is 3.05. The standard InChI is InChI=1S/C18H26N2O2S/c1-20(2)18(15-7-4-3-5-8-15)12-19-11-16(21)13-22-14-17-9-6-10-23-17/h3-10,16,18-19,21H,11-14H2,1-2H3/t16-,18+/m1/s1. The molecule has 2 atom stereocenters. The number of thiophene rings is 1. The Hall–Kier alpha value is -1.24. The van der Waals surface area contributed by atoms with Gasteiger partial charge < -0.3 is 20.1 Å². The Kier molecular flexibility index (Phi) is 7.71. The minimum Gasteiger partial charge on any atom is -0.389 e. The van der Waals surface area contributed by atoms with Crippen LogP contribution in [-0.4, -0.2) is 49.9 Å². The average molecular weight is 334 g/mol. The molecule has 0 fully saturated rings. The Bertz CT molecular complexity index is 531. The van der Waals surface area contributed by atoms with E-state index in [2.05, 4.69) is 48.6 Å². The van der Waals surface area contributed by atoms with E-state index in [4.69, 9.17) is 4.74 Å². The summed E-state index contributed by atoms with van der Waals surface area (Å²) < 4.78 is 5.54. The molecule has 0 saturated carbocycles. The second-order valence-electron chi connectivity index (χ2n) is 5.80. The van der Waals surface area contributed by atoms with Crippen molar-refractivity contribution >= 4 is 11.3 Å². The first-order valence-electron chi connectivity index (χ1n) is 7.87. The van der Waals surface area contributed by atoms with Gasteiger partial charge in [0, 0.05) is 24.0 Å². The lowest BCUT2D eigenvalue weighted by Crippen LogP contribution is -2.36. The topological polar surface area (TPSA) is 44.7 Å². The Balaban J connectivity index is 1.67. The molecule has 2 N–H and O–H groups in total. The lowest BCUT2D eigenvalue weighted by molar-refractivity contribution is 0.0292. The van der Waals surface area contributed by atoms with E-state index < -0.39 is 6.10 Å². The SMILES string of the molecule is CN(C)[C@@H](CNC[C@@H](O)COCc1cccs1)c1ccccc1. The normalized spacial score (nSPS) is 14.1. The van der Waals surface area contributed by atoms with Crippen molar-refractivity contribution in [2.45, 2.75) is 18.8 Å². The molecule has 126 valence electrons. The molecule has 1 aromatic heterocycles. The molecule has 23 heavy (non-hydrogen) atoms. The van der Waals surface area contributed by atoms with Crippen molar-refractivity contribution in [3.8, 4) is 0 Å². The maximum atomic E-state index is 10.0. The van der Waals surface area contributed by atoms with Crippen LogP contribution in [0.15, 0.2) is 47.8 Å². The summed E-state index contributed by atoms with van der Waals surface area (Å²) in [6.07, 6.45) is -0.492. The Morgan fingerprint density at radius 3 is 2.57 bits per heavy atom. The zero-order valence-electron chi connectivity index (χ0n) is 13.8. The van der Waals surface area contributed by atoms with Crippen LogP contribution in [0.25, 0.3) is 0 Å². The van der Waals surface area contributed by atoms with E-state index in [-0.39, 0.29) is 6.04 Å². The third-order valence-electron chi connectivity index (χ3n) is 3.66. The highest BCUT2D eigenvalue weighted by molar-refractivity contribution is 7.09. The molecule has 5 heteroatoms. The maximum Gasteiger partial charge on any atom is 0.0897 e. The van der Waals surface area contributed by atoms with Gasteiger partial charge in [0.2, 0.25) is 0 Å². The van der Waals surface area contributed by atoms with Crippen LogP contribution in [0.4, 0.5) is 0 Å². The van der Waals surface area contributed by atoms with Crippen LogP contribution in [0.2, 0.25) is 0 Å². The van der Waals surface area contributed by atoms with Crippen LogP contribution < -0.4 is 5.32 Å². The summed E-state index contributed by atoms with van der Waals surface area (Å²) in [6.45, 7) is 2.24. The smallest absolute Gasteiger partial charge is 0.0897 e. The van der Waals surface area contributed by atoms with Crippen LogP contribution in [0.1, 0.15) is 16.5 Å². The molecular formula is C18H26N2O2S. The molecule has 0 spiro atoms. The average Bonchev–Trinajstić information content (AvgIpc) is 3.05. The first-order chi connectivity index (χ1) is 11.2. The van der Waals surface area contributed by atoms with Crippen molar-refractivity contribution in [1.29, 1.82) is 0 Å².